The number of imidazole rings is 1. The van der Waals surface area contributed by atoms with Gasteiger partial charge in [0.05, 0.1) is 17.9 Å². The van der Waals surface area contributed by atoms with Crippen LogP contribution in [-0.4, -0.2) is 19.1 Å². The highest BCUT2D eigenvalue weighted by molar-refractivity contribution is 5.77. The highest BCUT2D eigenvalue weighted by Gasteiger charge is 2.37. The minimum Gasteiger partial charge on any atom is -0.336 e. The highest BCUT2D eigenvalue weighted by atomic mass is 19.1. The summed E-state index contributed by atoms with van der Waals surface area (Å²) in [6.45, 7) is 0. The SMILES string of the molecule is Cn1ccnc1[C@H](C1CC1)n1cnc2cccc(F)c2c1=O. The molecule has 5 nitrogen and oxygen atoms in total. The fourth-order valence-corrected chi connectivity index (χ4v) is 2.97. The molecule has 1 aliphatic carbocycles. The molecule has 1 atom stereocenters. The standard InChI is InChI=1S/C16H15FN4O/c1-20-8-7-18-15(20)14(10-5-6-10)21-9-19-12-4-2-3-11(17)13(12)16(21)22/h2-4,7-10,14H,5-6H2,1H3/t14-/m0/s1. The fourth-order valence-electron chi connectivity index (χ4n) is 2.97. The predicted molar refractivity (Wildman–Crippen MR) is 80.0 cm³/mol. The van der Waals surface area contributed by atoms with Gasteiger partial charge in [0.15, 0.2) is 0 Å². The molecule has 2 aromatic heterocycles. The molecule has 0 amide bonds. The second kappa shape index (κ2) is 4.76. The Morgan fingerprint density at radius 3 is 2.82 bits per heavy atom. The zero-order chi connectivity index (χ0) is 15.3. The van der Waals surface area contributed by atoms with E-state index in [4.69, 9.17) is 0 Å². The molecule has 1 fully saturated rings. The van der Waals surface area contributed by atoms with Gasteiger partial charge in [0.25, 0.3) is 5.56 Å². The Balaban J connectivity index is 1.96. The van der Waals surface area contributed by atoms with Crippen molar-refractivity contribution in [2.75, 3.05) is 0 Å². The van der Waals surface area contributed by atoms with Crippen molar-refractivity contribution in [3.05, 3.63) is 58.9 Å². The number of hydrogen-bond acceptors (Lipinski definition) is 3. The average molecular weight is 298 g/mol. The Labute approximate surface area is 126 Å². The van der Waals surface area contributed by atoms with E-state index in [9.17, 15) is 9.18 Å². The molecule has 1 saturated carbocycles. The maximum absolute atomic E-state index is 14.1. The molecule has 2 heterocycles. The zero-order valence-electron chi connectivity index (χ0n) is 12.1. The normalized spacial score (nSPS) is 16.1. The number of halogens is 1. The molecular weight excluding hydrogens is 283 g/mol. The number of nitrogens with zero attached hydrogens (tertiary/aromatic N) is 4. The van der Waals surface area contributed by atoms with Crippen LogP contribution in [0.3, 0.4) is 0 Å². The number of aryl methyl sites for hydroxylation is 1. The molecule has 0 spiro atoms. The van der Waals surface area contributed by atoms with Gasteiger partial charge in [-0.05, 0) is 30.9 Å². The van der Waals surface area contributed by atoms with Crippen LogP contribution in [0, 0.1) is 11.7 Å². The van der Waals surface area contributed by atoms with Crippen LogP contribution in [-0.2, 0) is 7.05 Å². The second-order valence-electron chi connectivity index (χ2n) is 5.77. The minimum absolute atomic E-state index is 0.0462. The van der Waals surface area contributed by atoms with E-state index >= 15 is 0 Å². The minimum atomic E-state index is -0.529. The van der Waals surface area contributed by atoms with Crippen molar-refractivity contribution in [3.63, 3.8) is 0 Å². The summed E-state index contributed by atoms with van der Waals surface area (Å²) in [7, 11) is 1.90. The summed E-state index contributed by atoms with van der Waals surface area (Å²) >= 11 is 0. The summed E-state index contributed by atoms with van der Waals surface area (Å²) < 4.78 is 17.5. The summed E-state index contributed by atoms with van der Waals surface area (Å²) in [5, 5.41) is 0.0462. The average Bonchev–Trinajstić information content (AvgIpc) is 3.25. The maximum Gasteiger partial charge on any atom is 0.264 e. The Hall–Kier alpha value is -2.50. The molecule has 6 heteroatoms. The van der Waals surface area contributed by atoms with Crippen LogP contribution in [0.5, 0.6) is 0 Å². The molecule has 0 N–H and O–H groups in total. The summed E-state index contributed by atoms with van der Waals surface area (Å²) in [5.41, 5.74) is 0.0404. The lowest BCUT2D eigenvalue weighted by atomic mass is 10.1. The largest absolute Gasteiger partial charge is 0.336 e. The molecule has 1 aromatic carbocycles. The van der Waals surface area contributed by atoms with Gasteiger partial charge in [0, 0.05) is 19.4 Å². The Morgan fingerprint density at radius 1 is 1.32 bits per heavy atom. The molecule has 4 rings (SSSR count). The van der Waals surface area contributed by atoms with Crippen LogP contribution in [0.2, 0.25) is 0 Å². The van der Waals surface area contributed by atoms with Gasteiger partial charge in [-0.3, -0.25) is 9.36 Å². The van der Waals surface area contributed by atoms with Crippen molar-refractivity contribution in [3.8, 4) is 0 Å². The zero-order valence-corrected chi connectivity index (χ0v) is 12.1. The molecular formula is C16H15FN4O. The Morgan fingerprint density at radius 2 is 2.14 bits per heavy atom. The van der Waals surface area contributed by atoms with Crippen LogP contribution in [0.1, 0.15) is 24.7 Å². The summed E-state index contributed by atoms with van der Waals surface area (Å²) in [6, 6.07) is 4.31. The van der Waals surface area contributed by atoms with Crippen molar-refractivity contribution < 1.29 is 4.39 Å². The van der Waals surface area contributed by atoms with Crippen LogP contribution < -0.4 is 5.56 Å². The predicted octanol–water partition coefficient (Wildman–Crippen LogP) is 2.27. The molecule has 0 unspecified atom stereocenters. The van der Waals surface area contributed by atoms with E-state index in [0.29, 0.717) is 11.4 Å². The van der Waals surface area contributed by atoms with E-state index in [1.54, 1.807) is 18.3 Å². The van der Waals surface area contributed by atoms with Gasteiger partial charge < -0.3 is 4.57 Å². The van der Waals surface area contributed by atoms with E-state index in [-0.39, 0.29) is 17.0 Å². The first kappa shape index (κ1) is 13.2. The summed E-state index contributed by atoms with van der Waals surface area (Å²) in [4.78, 5) is 21.4. The van der Waals surface area contributed by atoms with Gasteiger partial charge in [-0.15, -0.1) is 0 Å². The van der Waals surface area contributed by atoms with Gasteiger partial charge in [-0.1, -0.05) is 6.07 Å². The quantitative estimate of drug-likeness (QED) is 0.745. The number of hydrogen-bond donors (Lipinski definition) is 0. The van der Waals surface area contributed by atoms with Crippen molar-refractivity contribution >= 4 is 10.9 Å². The van der Waals surface area contributed by atoms with Gasteiger partial charge >= 0.3 is 0 Å². The third-order valence-electron chi connectivity index (χ3n) is 4.25. The van der Waals surface area contributed by atoms with Crippen molar-refractivity contribution in [2.45, 2.75) is 18.9 Å². The maximum atomic E-state index is 14.1. The van der Waals surface area contributed by atoms with E-state index in [2.05, 4.69) is 9.97 Å². The molecule has 1 aliphatic rings. The van der Waals surface area contributed by atoms with E-state index in [1.807, 2.05) is 17.8 Å². The van der Waals surface area contributed by atoms with Crippen LogP contribution in [0.25, 0.3) is 10.9 Å². The lowest BCUT2D eigenvalue weighted by molar-refractivity contribution is 0.462. The number of benzene rings is 1. The summed E-state index contributed by atoms with van der Waals surface area (Å²) in [5.74, 6) is 0.630. The molecule has 112 valence electrons. The van der Waals surface area contributed by atoms with E-state index < -0.39 is 5.82 Å². The van der Waals surface area contributed by atoms with Gasteiger partial charge in [0.2, 0.25) is 0 Å². The topological polar surface area (TPSA) is 52.7 Å². The first-order valence-corrected chi connectivity index (χ1v) is 7.29. The first-order valence-electron chi connectivity index (χ1n) is 7.29. The fraction of sp³-hybridized carbons (Fsp3) is 0.312. The molecule has 22 heavy (non-hydrogen) atoms. The smallest absolute Gasteiger partial charge is 0.264 e. The van der Waals surface area contributed by atoms with Gasteiger partial charge in [-0.25, -0.2) is 14.4 Å². The van der Waals surface area contributed by atoms with Crippen LogP contribution in [0.4, 0.5) is 4.39 Å². The highest BCUT2D eigenvalue weighted by Crippen LogP contribution is 2.42. The molecule has 0 aliphatic heterocycles. The van der Waals surface area contributed by atoms with Gasteiger partial charge in [0.1, 0.15) is 17.0 Å². The lowest BCUT2D eigenvalue weighted by Gasteiger charge is -2.19. The second-order valence-corrected chi connectivity index (χ2v) is 5.77. The van der Waals surface area contributed by atoms with Gasteiger partial charge in [-0.2, -0.15) is 0 Å². The Bertz CT molecular complexity index is 910. The van der Waals surface area contributed by atoms with E-state index in [1.165, 1.54) is 17.0 Å². The third-order valence-corrected chi connectivity index (χ3v) is 4.25. The third kappa shape index (κ3) is 1.94. The Kier molecular flexibility index (Phi) is 2.85. The van der Waals surface area contributed by atoms with Crippen molar-refractivity contribution in [1.29, 1.82) is 0 Å². The number of aromatic nitrogens is 4. The molecule has 3 aromatic rings. The lowest BCUT2D eigenvalue weighted by Crippen LogP contribution is -2.29. The molecule has 0 bridgehead atoms. The first-order chi connectivity index (χ1) is 10.7. The van der Waals surface area contributed by atoms with Crippen molar-refractivity contribution in [2.24, 2.45) is 13.0 Å². The number of rotatable bonds is 3. The van der Waals surface area contributed by atoms with E-state index in [0.717, 1.165) is 18.7 Å². The van der Waals surface area contributed by atoms with Crippen molar-refractivity contribution in [1.82, 2.24) is 19.1 Å². The van der Waals surface area contributed by atoms with Crippen LogP contribution in [0.15, 0.2) is 41.7 Å². The molecule has 0 saturated heterocycles. The monoisotopic (exact) mass is 298 g/mol. The summed E-state index contributed by atoms with van der Waals surface area (Å²) in [6.07, 6.45) is 7.16. The van der Waals surface area contributed by atoms with Crippen LogP contribution >= 0.6 is 0 Å². The molecule has 0 radical (unpaired) electrons. The number of fused-ring (bicyclic) bond motifs is 1.